The second-order valence-corrected chi connectivity index (χ2v) is 5.48. The van der Waals surface area contributed by atoms with Gasteiger partial charge in [0.2, 0.25) is 0 Å². The van der Waals surface area contributed by atoms with Crippen LogP contribution in [0.25, 0.3) is 0 Å². The van der Waals surface area contributed by atoms with Crippen LogP contribution in [0, 0.1) is 11.8 Å². The molecule has 0 bridgehead atoms. The van der Waals surface area contributed by atoms with Crippen LogP contribution in [0.5, 0.6) is 5.75 Å². The average Bonchev–Trinajstić information content (AvgIpc) is 2.34. The van der Waals surface area contributed by atoms with E-state index in [0.29, 0.717) is 18.8 Å². The van der Waals surface area contributed by atoms with Crippen molar-refractivity contribution in [1.29, 1.82) is 0 Å². The first kappa shape index (κ1) is 16.5. The van der Waals surface area contributed by atoms with Gasteiger partial charge in [-0.25, -0.2) is 0 Å². The third-order valence-corrected chi connectivity index (χ3v) is 2.68. The summed E-state index contributed by atoms with van der Waals surface area (Å²) in [6.07, 6.45) is 0. The number of benzene rings is 1. The summed E-state index contributed by atoms with van der Waals surface area (Å²) in [6.45, 7) is 4.69. The third-order valence-electron chi connectivity index (χ3n) is 2.68. The Morgan fingerprint density at radius 3 is 2.60 bits per heavy atom. The fraction of sp³-hybridized carbons (Fsp3) is 0.500. The van der Waals surface area contributed by atoms with E-state index in [1.54, 1.807) is 21.0 Å². The molecule has 0 heterocycles. The number of nitrogens with zero attached hydrogens (tertiary/aromatic N) is 1. The molecule has 2 N–H and O–H groups in total. The standard InChI is InChI=1S/C16H23NO3/c1-16(2,19)12-17(3)11-13-7-8-15(20-4)14(10-13)6-5-9-18/h7-8,10,18-19H,9,11-12H2,1-4H3. The Morgan fingerprint density at radius 2 is 2.05 bits per heavy atom. The third kappa shape index (κ3) is 5.62. The van der Waals surface area contributed by atoms with Crippen molar-refractivity contribution < 1.29 is 14.9 Å². The highest BCUT2D eigenvalue weighted by Crippen LogP contribution is 2.20. The van der Waals surface area contributed by atoms with Crippen molar-refractivity contribution in [2.24, 2.45) is 0 Å². The molecule has 0 atom stereocenters. The fourth-order valence-corrected chi connectivity index (χ4v) is 2.11. The number of rotatable bonds is 5. The van der Waals surface area contributed by atoms with Crippen molar-refractivity contribution in [2.45, 2.75) is 26.0 Å². The molecular formula is C16H23NO3. The molecule has 1 aromatic carbocycles. The molecule has 110 valence electrons. The minimum Gasteiger partial charge on any atom is -0.495 e. The van der Waals surface area contributed by atoms with Crippen LogP contribution < -0.4 is 4.74 Å². The Balaban J connectivity index is 2.86. The number of ether oxygens (including phenoxy) is 1. The molecule has 1 aromatic rings. The van der Waals surface area contributed by atoms with Crippen molar-refractivity contribution in [3.63, 3.8) is 0 Å². The quantitative estimate of drug-likeness (QED) is 0.795. The lowest BCUT2D eigenvalue weighted by Gasteiger charge is -2.25. The highest BCUT2D eigenvalue weighted by Gasteiger charge is 2.15. The van der Waals surface area contributed by atoms with Crippen molar-refractivity contribution in [3.05, 3.63) is 29.3 Å². The lowest BCUT2D eigenvalue weighted by Crippen LogP contribution is -2.35. The molecule has 0 spiro atoms. The van der Waals surface area contributed by atoms with Gasteiger partial charge in [-0.2, -0.15) is 0 Å². The highest BCUT2D eigenvalue weighted by atomic mass is 16.5. The Morgan fingerprint density at radius 1 is 1.35 bits per heavy atom. The van der Waals surface area contributed by atoms with E-state index in [9.17, 15) is 5.11 Å². The van der Waals surface area contributed by atoms with Crippen molar-refractivity contribution in [2.75, 3.05) is 27.3 Å². The van der Waals surface area contributed by atoms with Gasteiger partial charge < -0.3 is 14.9 Å². The van der Waals surface area contributed by atoms with Crippen LogP contribution in [0.4, 0.5) is 0 Å². The maximum atomic E-state index is 9.81. The van der Waals surface area contributed by atoms with E-state index in [1.165, 1.54) is 0 Å². The smallest absolute Gasteiger partial charge is 0.134 e. The average molecular weight is 277 g/mol. The van der Waals surface area contributed by atoms with Gasteiger partial charge in [0, 0.05) is 13.1 Å². The van der Waals surface area contributed by atoms with Gasteiger partial charge in [0.15, 0.2) is 0 Å². The number of likely N-dealkylation sites (N-methyl/N-ethyl adjacent to an activating group) is 1. The number of methoxy groups -OCH3 is 1. The van der Waals surface area contributed by atoms with Crippen LogP contribution in [-0.2, 0) is 6.54 Å². The lowest BCUT2D eigenvalue weighted by atomic mass is 10.1. The second-order valence-electron chi connectivity index (χ2n) is 5.48. The zero-order valence-corrected chi connectivity index (χ0v) is 12.6. The minimum atomic E-state index is -0.721. The normalized spacial score (nSPS) is 11.2. The van der Waals surface area contributed by atoms with Gasteiger partial charge in [0.25, 0.3) is 0 Å². The predicted octanol–water partition coefficient (Wildman–Crippen LogP) is 1.24. The van der Waals surface area contributed by atoms with Gasteiger partial charge in [0.1, 0.15) is 12.4 Å². The van der Waals surface area contributed by atoms with Gasteiger partial charge in [-0.15, -0.1) is 0 Å². The van der Waals surface area contributed by atoms with E-state index in [4.69, 9.17) is 9.84 Å². The van der Waals surface area contributed by atoms with Crippen LogP contribution in [0.15, 0.2) is 18.2 Å². The summed E-state index contributed by atoms with van der Waals surface area (Å²) in [4.78, 5) is 2.05. The molecule has 0 unspecified atom stereocenters. The topological polar surface area (TPSA) is 52.9 Å². The molecule has 0 fully saturated rings. The Kier molecular flexibility index (Phi) is 6.03. The first-order valence-electron chi connectivity index (χ1n) is 6.53. The van der Waals surface area contributed by atoms with Gasteiger partial charge in [-0.3, -0.25) is 4.90 Å². The number of aliphatic hydroxyl groups excluding tert-OH is 1. The van der Waals surface area contributed by atoms with Crippen LogP contribution in [0.3, 0.4) is 0 Å². The summed E-state index contributed by atoms with van der Waals surface area (Å²) >= 11 is 0. The predicted molar refractivity (Wildman–Crippen MR) is 79.6 cm³/mol. The zero-order chi connectivity index (χ0) is 15.2. The molecule has 0 aliphatic carbocycles. The molecular weight excluding hydrogens is 254 g/mol. The van der Waals surface area contributed by atoms with Crippen molar-refractivity contribution in [1.82, 2.24) is 4.90 Å². The van der Waals surface area contributed by atoms with Crippen LogP contribution in [0.1, 0.15) is 25.0 Å². The molecule has 1 rings (SSSR count). The summed E-state index contributed by atoms with van der Waals surface area (Å²) in [5.41, 5.74) is 1.12. The highest BCUT2D eigenvalue weighted by molar-refractivity contribution is 5.48. The number of aliphatic hydroxyl groups is 2. The fourth-order valence-electron chi connectivity index (χ4n) is 2.11. The maximum absolute atomic E-state index is 9.81. The van der Waals surface area contributed by atoms with E-state index in [0.717, 1.165) is 11.1 Å². The first-order chi connectivity index (χ1) is 9.35. The van der Waals surface area contributed by atoms with Crippen molar-refractivity contribution >= 4 is 0 Å². The summed E-state index contributed by atoms with van der Waals surface area (Å²) in [5.74, 6) is 6.21. The molecule has 4 heteroatoms. The van der Waals surface area contributed by atoms with Crippen LogP contribution >= 0.6 is 0 Å². The molecule has 4 nitrogen and oxygen atoms in total. The molecule has 20 heavy (non-hydrogen) atoms. The zero-order valence-electron chi connectivity index (χ0n) is 12.6. The maximum Gasteiger partial charge on any atom is 0.134 e. The summed E-state index contributed by atoms with van der Waals surface area (Å²) in [6, 6.07) is 5.79. The monoisotopic (exact) mass is 277 g/mol. The molecule has 0 saturated carbocycles. The van der Waals surface area contributed by atoms with Crippen LogP contribution in [-0.4, -0.2) is 48.0 Å². The summed E-state index contributed by atoms with van der Waals surface area (Å²) in [5, 5.41) is 18.6. The van der Waals surface area contributed by atoms with E-state index >= 15 is 0 Å². The second kappa shape index (κ2) is 7.30. The van der Waals surface area contributed by atoms with E-state index in [-0.39, 0.29) is 6.61 Å². The largest absolute Gasteiger partial charge is 0.495 e. The Hall–Kier alpha value is -1.54. The molecule has 0 radical (unpaired) electrons. The molecule has 0 aliphatic heterocycles. The lowest BCUT2D eigenvalue weighted by molar-refractivity contribution is 0.0425. The van der Waals surface area contributed by atoms with E-state index in [1.807, 2.05) is 30.1 Å². The summed E-state index contributed by atoms with van der Waals surface area (Å²) < 4.78 is 5.25. The van der Waals surface area contributed by atoms with Gasteiger partial charge in [-0.05, 0) is 38.6 Å². The van der Waals surface area contributed by atoms with Crippen LogP contribution in [0.2, 0.25) is 0 Å². The molecule has 0 aromatic heterocycles. The number of hydrogen-bond acceptors (Lipinski definition) is 4. The first-order valence-corrected chi connectivity index (χ1v) is 6.53. The van der Waals surface area contributed by atoms with E-state index in [2.05, 4.69) is 11.8 Å². The van der Waals surface area contributed by atoms with Crippen molar-refractivity contribution in [3.8, 4) is 17.6 Å². The minimum absolute atomic E-state index is 0.175. The summed E-state index contributed by atoms with van der Waals surface area (Å²) in [7, 11) is 3.56. The van der Waals surface area contributed by atoms with Gasteiger partial charge >= 0.3 is 0 Å². The van der Waals surface area contributed by atoms with Gasteiger partial charge in [-0.1, -0.05) is 17.9 Å². The molecule has 0 saturated heterocycles. The Bertz CT molecular complexity index is 495. The molecule has 0 aliphatic rings. The Labute approximate surface area is 121 Å². The molecule has 0 amide bonds. The van der Waals surface area contributed by atoms with Gasteiger partial charge in [0.05, 0.1) is 18.3 Å². The SMILES string of the molecule is COc1ccc(CN(C)CC(C)(C)O)cc1C#CCO. The number of hydrogen-bond donors (Lipinski definition) is 2. The van der Waals surface area contributed by atoms with E-state index < -0.39 is 5.60 Å².